The molecule has 4 heteroatoms. The van der Waals surface area contributed by atoms with Crippen molar-refractivity contribution in [3.63, 3.8) is 0 Å². The fourth-order valence-corrected chi connectivity index (χ4v) is 3.24. The molecular formula is C17H29NO3. The van der Waals surface area contributed by atoms with Crippen molar-refractivity contribution in [2.45, 2.75) is 71.8 Å². The normalized spacial score (nSPS) is 23.6. The molecule has 2 fully saturated rings. The van der Waals surface area contributed by atoms with E-state index in [9.17, 15) is 9.59 Å². The van der Waals surface area contributed by atoms with Gasteiger partial charge < -0.3 is 10.0 Å². The number of carboxylic acid groups (broad SMARTS) is 1. The maximum atomic E-state index is 12.5. The maximum absolute atomic E-state index is 12.5. The highest BCUT2D eigenvalue weighted by atomic mass is 16.4. The van der Waals surface area contributed by atoms with E-state index in [2.05, 4.69) is 13.8 Å². The number of aliphatic carboxylic acids is 1. The second kappa shape index (κ2) is 6.37. The number of hydrogen-bond donors (Lipinski definition) is 1. The molecule has 2 aliphatic rings. The molecule has 0 saturated heterocycles. The third kappa shape index (κ3) is 4.72. The fourth-order valence-electron chi connectivity index (χ4n) is 3.24. The lowest BCUT2D eigenvalue weighted by molar-refractivity contribution is -0.143. The van der Waals surface area contributed by atoms with Gasteiger partial charge in [0, 0.05) is 19.0 Å². The SMILES string of the molecule is CC(CN(C(=O)CC1CCC(C)(C)CC1)C1CC1)C(=O)O. The Kier molecular flexibility index (Phi) is 4.95. The molecule has 1 amide bonds. The van der Waals surface area contributed by atoms with Gasteiger partial charge in [0.25, 0.3) is 0 Å². The zero-order valence-corrected chi connectivity index (χ0v) is 13.6. The van der Waals surface area contributed by atoms with E-state index in [1.165, 1.54) is 12.8 Å². The number of amides is 1. The van der Waals surface area contributed by atoms with Crippen LogP contribution in [-0.4, -0.2) is 34.5 Å². The van der Waals surface area contributed by atoms with Gasteiger partial charge in [0.15, 0.2) is 0 Å². The van der Waals surface area contributed by atoms with Crippen LogP contribution in [0, 0.1) is 17.3 Å². The summed E-state index contributed by atoms with van der Waals surface area (Å²) in [6, 6.07) is 0.305. The van der Waals surface area contributed by atoms with Crippen LogP contribution in [0.2, 0.25) is 0 Å². The van der Waals surface area contributed by atoms with Crippen LogP contribution in [0.3, 0.4) is 0 Å². The molecule has 1 atom stereocenters. The van der Waals surface area contributed by atoms with Crippen LogP contribution < -0.4 is 0 Å². The summed E-state index contributed by atoms with van der Waals surface area (Å²) < 4.78 is 0. The van der Waals surface area contributed by atoms with E-state index in [1.54, 1.807) is 6.92 Å². The third-order valence-electron chi connectivity index (χ3n) is 5.12. The van der Waals surface area contributed by atoms with Gasteiger partial charge in [0.05, 0.1) is 5.92 Å². The van der Waals surface area contributed by atoms with Crippen molar-refractivity contribution in [3.8, 4) is 0 Å². The molecular weight excluding hydrogens is 266 g/mol. The standard InChI is InChI=1S/C17H29NO3/c1-12(16(20)21)11-18(14-4-5-14)15(19)10-13-6-8-17(2,3)9-7-13/h12-14H,4-11H2,1-3H3,(H,20,21). The Balaban J connectivity index is 1.86. The summed E-state index contributed by atoms with van der Waals surface area (Å²) in [5, 5.41) is 9.06. The largest absolute Gasteiger partial charge is 0.481 e. The van der Waals surface area contributed by atoms with E-state index in [0.717, 1.165) is 25.7 Å². The molecule has 0 radical (unpaired) electrons. The molecule has 1 N–H and O–H groups in total. The molecule has 0 aliphatic heterocycles. The van der Waals surface area contributed by atoms with Gasteiger partial charge >= 0.3 is 5.97 Å². The minimum absolute atomic E-state index is 0.176. The molecule has 0 bridgehead atoms. The first-order valence-corrected chi connectivity index (χ1v) is 8.31. The number of nitrogens with zero attached hydrogens (tertiary/aromatic N) is 1. The second-order valence-corrected chi connectivity index (χ2v) is 7.83. The minimum Gasteiger partial charge on any atom is -0.481 e. The number of hydrogen-bond acceptors (Lipinski definition) is 2. The molecule has 1 unspecified atom stereocenters. The monoisotopic (exact) mass is 295 g/mol. The average Bonchev–Trinajstić information content (AvgIpc) is 3.22. The van der Waals surface area contributed by atoms with Gasteiger partial charge in [0.2, 0.25) is 5.91 Å². The van der Waals surface area contributed by atoms with Crippen LogP contribution in [0.4, 0.5) is 0 Å². The predicted octanol–water partition coefficient (Wildman–Crippen LogP) is 3.30. The first-order valence-electron chi connectivity index (χ1n) is 8.31. The van der Waals surface area contributed by atoms with Crippen molar-refractivity contribution in [2.75, 3.05) is 6.54 Å². The predicted molar refractivity (Wildman–Crippen MR) is 81.9 cm³/mol. The number of rotatable bonds is 6. The fraction of sp³-hybridized carbons (Fsp3) is 0.882. The Hall–Kier alpha value is -1.06. The minimum atomic E-state index is -0.812. The van der Waals surface area contributed by atoms with Crippen LogP contribution in [0.15, 0.2) is 0 Å². The lowest BCUT2D eigenvalue weighted by Crippen LogP contribution is -2.39. The van der Waals surface area contributed by atoms with Gasteiger partial charge in [0.1, 0.15) is 0 Å². The molecule has 4 nitrogen and oxygen atoms in total. The Bertz CT molecular complexity index is 391. The molecule has 0 aromatic carbocycles. The first-order chi connectivity index (χ1) is 9.78. The molecule has 2 aliphatic carbocycles. The number of carbonyl (C=O) groups is 2. The van der Waals surface area contributed by atoms with Crippen LogP contribution in [0.1, 0.15) is 65.7 Å². The van der Waals surface area contributed by atoms with Crippen LogP contribution >= 0.6 is 0 Å². The molecule has 2 saturated carbocycles. The Labute approximate surface area is 127 Å². The van der Waals surface area contributed by atoms with E-state index in [1.807, 2.05) is 4.90 Å². The van der Waals surface area contributed by atoms with Gasteiger partial charge in [-0.05, 0) is 49.9 Å². The smallest absolute Gasteiger partial charge is 0.308 e. The van der Waals surface area contributed by atoms with Crippen molar-refractivity contribution in [3.05, 3.63) is 0 Å². The number of carbonyl (C=O) groups excluding carboxylic acids is 1. The van der Waals surface area contributed by atoms with E-state index < -0.39 is 11.9 Å². The molecule has 0 aromatic rings. The first kappa shape index (κ1) is 16.3. The second-order valence-electron chi connectivity index (χ2n) is 7.83. The summed E-state index contributed by atoms with van der Waals surface area (Å²) in [4.78, 5) is 25.4. The maximum Gasteiger partial charge on any atom is 0.308 e. The van der Waals surface area contributed by atoms with Crippen molar-refractivity contribution >= 4 is 11.9 Å². The van der Waals surface area contributed by atoms with Crippen molar-refractivity contribution in [2.24, 2.45) is 17.3 Å². The van der Waals surface area contributed by atoms with Gasteiger partial charge in [-0.1, -0.05) is 20.8 Å². The summed E-state index contributed by atoms with van der Waals surface area (Å²) in [6.45, 7) is 6.66. The van der Waals surface area contributed by atoms with Gasteiger partial charge in [-0.25, -0.2) is 0 Å². The zero-order valence-electron chi connectivity index (χ0n) is 13.6. The van der Waals surface area contributed by atoms with Crippen molar-refractivity contribution in [1.29, 1.82) is 0 Å². The van der Waals surface area contributed by atoms with E-state index in [-0.39, 0.29) is 5.91 Å². The summed E-state index contributed by atoms with van der Waals surface area (Å²) in [6.07, 6.45) is 7.34. The Morgan fingerprint density at radius 2 is 1.76 bits per heavy atom. The zero-order chi connectivity index (χ0) is 15.6. The highest BCUT2D eigenvalue weighted by Crippen LogP contribution is 2.40. The van der Waals surface area contributed by atoms with Gasteiger partial charge in [-0.2, -0.15) is 0 Å². The molecule has 0 aromatic heterocycles. The van der Waals surface area contributed by atoms with Crippen LogP contribution in [0.5, 0.6) is 0 Å². The molecule has 2 rings (SSSR count). The molecule has 120 valence electrons. The molecule has 0 spiro atoms. The van der Waals surface area contributed by atoms with Crippen LogP contribution in [0.25, 0.3) is 0 Å². The Morgan fingerprint density at radius 1 is 1.19 bits per heavy atom. The highest BCUT2D eigenvalue weighted by molar-refractivity contribution is 5.78. The summed E-state index contributed by atoms with van der Waals surface area (Å²) >= 11 is 0. The Morgan fingerprint density at radius 3 is 2.24 bits per heavy atom. The van der Waals surface area contributed by atoms with E-state index in [0.29, 0.717) is 30.3 Å². The lowest BCUT2D eigenvalue weighted by Gasteiger charge is -2.35. The average molecular weight is 295 g/mol. The highest BCUT2D eigenvalue weighted by Gasteiger charge is 2.36. The van der Waals surface area contributed by atoms with Gasteiger partial charge in [-0.15, -0.1) is 0 Å². The molecule has 21 heavy (non-hydrogen) atoms. The topological polar surface area (TPSA) is 57.6 Å². The summed E-state index contributed by atoms with van der Waals surface area (Å²) in [7, 11) is 0. The molecule has 0 heterocycles. The number of carboxylic acids is 1. The van der Waals surface area contributed by atoms with Crippen molar-refractivity contribution in [1.82, 2.24) is 4.90 Å². The summed E-state index contributed by atoms with van der Waals surface area (Å²) in [5.41, 5.74) is 0.424. The summed E-state index contributed by atoms with van der Waals surface area (Å²) in [5.74, 6) is -0.616. The van der Waals surface area contributed by atoms with E-state index in [4.69, 9.17) is 5.11 Å². The van der Waals surface area contributed by atoms with E-state index >= 15 is 0 Å². The lowest BCUT2D eigenvalue weighted by atomic mass is 9.72. The third-order valence-corrected chi connectivity index (χ3v) is 5.12. The van der Waals surface area contributed by atoms with Gasteiger partial charge in [-0.3, -0.25) is 9.59 Å². The van der Waals surface area contributed by atoms with Crippen LogP contribution in [-0.2, 0) is 9.59 Å². The quantitative estimate of drug-likeness (QED) is 0.818. The van der Waals surface area contributed by atoms with Crippen molar-refractivity contribution < 1.29 is 14.7 Å².